The fourth-order valence-corrected chi connectivity index (χ4v) is 4.21. The quantitative estimate of drug-likeness (QED) is 0.440. The third-order valence-corrected chi connectivity index (χ3v) is 6.05. The van der Waals surface area contributed by atoms with Crippen LogP contribution in [0, 0.1) is 6.92 Å². The number of rotatable bonds is 4. The molecule has 5 rings (SSSR count). The zero-order chi connectivity index (χ0) is 22.1. The Hall–Kier alpha value is -3.51. The maximum Gasteiger partial charge on any atom is 0.272 e. The Balaban J connectivity index is 1.42. The molecule has 7 heteroatoms. The molecule has 2 aromatic carbocycles. The summed E-state index contributed by atoms with van der Waals surface area (Å²) in [6, 6.07) is 21.1. The van der Waals surface area contributed by atoms with Crippen LogP contribution in [0.4, 0.5) is 5.69 Å². The number of nitrogens with zero attached hydrogens (tertiary/aromatic N) is 4. The van der Waals surface area contributed by atoms with Crippen molar-refractivity contribution in [1.29, 1.82) is 0 Å². The smallest absolute Gasteiger partial charge is 0.272 e. The van der Waals surface area contributed by atoms with E-state index >= 15 is 0 Å². The molecule has 0 atom stereocenters. The molecule has 2 aromatic heterocycles. The van der Waals surface area contributed by atoms with Gasteiger partial charge in [-0.15, -0.1) is 0 Å². The van der Waals surface area contributed by atoms with E-state index in [1.165, 1.54) is 11.3 Å². The number of para-hydroxylation sites is 1. The lowest BCUT2D eigenvalue weighted by Gasteiger charge is -2.36. The van der Waals surface area contributed by atoms with Crippen LogP contribution in [0.25, 0.3) is 17.1 Å². The number of aromatic nitrogens is 2. The number of benzene rings is 2. The molecule has 0 unspecified atom stereocenters. The standard InChI is InChI=1S/C25H23ClN4O2/c1-18-5-2-3-6-22(18)28-12-14-29(15-13-28)25(31)23-17-21(24-7-4-16-32-24)27-30(23)20-10-8-19(26)9-11-20/h2-11,16-17H,12-15H2,1H3. The first-order valence-electron chi connectivity index (χ1n) is 10.6. The Morgan fingerprint density at radius 2 is 1.72 bits per heavy atom. The van der Waals surface area contributed by atoms with Crippen LogP contribution in [0.5, 0.6) is 0 Å². The molecule has 0 saturated carbocycles. The number of hydrogen-bond donors (Lipinski definition) is 0. The summed E-state index contributed by atoms with van der Waals surface area (Å²) in [5.74, 6) is 0.575. The first-order chi connectivity index (χ1) is 15.6. The van der Waals surface area contributed by atoms with Gasteiger partial charge in [-0.1, -0.05) is 29.8 Å². The van der Waals surface area contributed by atoms with E-state index in [-0.39, 0.29) is 5.91 Å². The number of halogens is 1. The zero-order valence-electron chi connectivity index (χ0n) is 17.7. The normalized spacial score (nSPS) is 14.1. The van der Waals surface area contributed by atoms with E-state index in [2.05, 4.69) is 35.1 Å². The van der Waals surface area contributed by atoms with Gasteiger partial charge in [0, 0.05) is 43.0 Å². The summed E-state index contributed by atoms with van der Waals surface area (Å²) in [6.45, 7) is 4.99. The number of anilines is 1. The van der Waals surface area contributed by atoms with E-state index in [1.54, 1.807) is 29.1 Å². The molecule has 0 bridgehead atoms. The molecule has 0 spiro atoms. The monoisotopic (exact) mass is 446 g/mol. The van der Waals surface area contributed by atoms with E-state index in [0.29, 0.717) is 35.3 Å². The lowest BCUT2D eigenvalue weighted by molar-refractivity contribution is 0.0737. The molecule has 0 radical (unpaired) electrons. The van der Waals surface area contributed by atoms with E-state index < -0.39 is 0 Å². The van der Waals surface area contributed by atoms with Gasteiger partial charge in [-0.3, -0.25) is 4.79 Å². The number of carbonyl (C=O) groups is 1. The molecule has 1 saturated heterocycles. The topological polar surface area (TPSA) is 54.5 Å². The molecule has 1 aliphatic heterocycles. The van der Waals surface area contributed by atoms with Crippen molar-refractivity contribution in [2.45, 2.75) is 6.92 Å². The first-order valence-corrected chi connectivity index (χ1v) is 11.0. The van der Waals surface area contributed by atoms with Gasteiger partial charge in [0.1, 0.15) is 11.4 Å². The second-order valence-electron chi connectivity index (χ2n) is 7.85. The number of aryl methyl sites for hydroxylation is 1. The predicted molar refractivity (Wildman–Crippen MR) is 126 cm³/mol. The van der Waals surface area contributed by atoms with Gasteiger partial charge in [0.25, 0.3) is 5.91 Å². The van der Waals surface area contributed by atoms with Crippen molar-refractivity contribution in [1.82, 2.24) is 14.7 Å². The average molecular weight is 447 g/mol. The van der Waals surface area contributed by atoms with Crippen LogP contribution in [0.1, 0.15) is 16.1 Å². The summed E-state index contributed by atoms with van der Waals surface area (Å²) in [4.78, 5) is 17.8. The third kappa shape index (κ3) is 3.89. The molecule has 32 heavy (non-hydrogen) atoms. The third-order valence-electron chi connectivity index (χ3n) is 5.80. The largest absolute Gasteiger partial charge is 0.463 e. The van der Waals surface area contributed by atoms with Crippen LogP contribution >= 0.6 is 11.6 Å². The highest BCUT2D eigenvalue weighted by atomic mass is 35.5. The van der Waals surface area contributed by atoms with E-state index in [4.69, 9.17) is 16.0 Å². The maximum absolute atomic E-state index is 13.5. The summed E-state index contributed by atoms with van der Waals surface area (Å²) >= 11 is 6.06. The minimum atomic E-state index is -0.0466. The van der Waals surface area contributed by atoms with Crippen molar-refractivity contribution >= 4 is 23.2 Å². The summed E-state index contributed by atoms with van der Waals surface area (Å²) in [5.41, 5.74) is 4.37. The number of amides is 1. The Bertz CT molecular complexity index is 1220. The Morgan fingerprint density at radius 3 is 2.41 bits per heavy atom. The number of furan rings is 1. The lowest BCUT2D eigenvalue weighted by Crippen LogP contribution is -2.49. The highest BCUT2D eigenvalue weighted by Crippen LogP contribution is 2.25. The SMILES string of the molecule is Cc1ccccc1N1CCN(C(=O)c2cc(-c3ccco3)nn2-c2ccc(Cl)cc2)CC1. The summed E-state index contributed by atoms with van der Waals surface area (Å²) in [7, 11) is 0. The average Bonchev–Trinajstić information content (AvgIpc) is 3.50. The molecule has 3 heterocycles. The molecule has 0 N–H and O–H groups in total. The molecule has 0 aliphatic carbocycles. The summed E-state index contributed by atoms with van der Waals surface area (Å²) in [5, 5.41) is 5.30. The highest BCUT2D eigenvalue weighted by Gasteiger charge is 2.27. The molecule has 1 aliphatic rings. The number of carbonyl (C=O) groups excluding carboxylic acids is 1. The van der Waals surface area contributed by atoms with Crippen LogP contribution in [0.15, 0.2) is 77.4 Å². The summed E-state index contributed by atoms with van der Waals surface area (Å²) < 4.78 is 7.18. The van der Waals surface area contributed by atoms with Gasteiger partial charge < -0.3 is 14.2 Å². The second kappa shape index (κ2) is 8.55. The van der Waals surface area contributed by atoms with Gasteiger partial charge in [-0.25, -0.2) is 4.68 Å². The van der Waals surface area contributed by atoms with Crippen molar-refractivity contribution in [2.24, 2.45) is 0 Å². The van der Waals surface area contributed by atoms with Gasteiger partial charge in [-0.05, 0) is 55.0 Å². The maximum atomic E-state index is 13.5. The molecular formula is C25H23ClN4O2. The lowest BCUT2D eigenvalue weighted by atomic mass is 10.1. The molecule has 6 nitrogen and oxygen atoms in total. The van der Waals surface area contributed by atoms with Gasteiger partial charge in [0.15, 0.2) is 5.76 Å². The Kier molecular flexibility index (Phi) is 5.45. The molecule has 1 amide bonds. The van der Waals surface area contributed by atoms with E-state index in [1.807, 2.05) is 35.2 Å². The first kappa shape index (κ1) is 20.4. The zero-order valence-corrected chi connectivity index (χ0v) is 18.5. The molecule has 4 aromatic rings. The van der Waals surface area contributed by atoms with Crippen LogP contribution in [0.3, 0.4) is 0 Å². The van der Waals surface area contributed by atoms with E-state index in [9.17, 15) is 4.79 Å². The highest BCUT2D eigenvalue weighted by molar-refractivity contribution is 6.30. The van der Waals surface area contributed by atoms with Gasteiger partial charge >= 0.3 is 0 Å². The van der Waals surface area contributed by atoms with Gasteiger partial charge in [0.05, 0.1) is 12.0 Å². The van der Waals surface area contributed by atoms with Crippen LogP contribution < -0.4 is 4.90 Å². The van der Waals surface area contributed by atoms with Crippen molar-refractivity contribution in [3.63, 3.8) is 0 Å². The number of piperazine rings is 1. The van der Waals surface area contributed by atoms with Crippen LogP contribution in [0.2, 0.25) is 5.02 Å². The second-order valence-corrected chi connectivity index (χ2v) is 8.28. The fourth-order valence-electron chi connectivity index (χ4n) is 4.09. The minimum Gasteiger partial charge on any atom is -0.463 e. The van der Waals surface area contributed by atoms with Gasteiger partial charge in [-0.2, -0.15) is 5.10 Å². The van der Waals surface area contributed by atoms with Crippen molar-refractivity contribution in [3.05, 3.63) is 89.3 Å². The molecule has 162 valence electrons. The Labute approximate surface area is 191 Å². The number of hydrogen-bond acceptors (Lipinski definition) is 4. The molecular weight excluding hydrogens is 424 g/mol. The summed E-state index contributed by atoms with van der Waals surface area (Å²) in [6.07, 6.45) is 1.60. The van der Waals surface area contributed by atoms with Crippen LogP contribution in [-0.4, -0.2) is 46.8 Å². The Morgan fingerprint density at radius 1 is 0.969 bits per heavy atom. The van der Waals surface area contributed by atoms with Crippen LogP contribution in [-0.2, 0) is 0 Å². The van der Waals surface area contributed by atoms with Gasteiger partial charge in [0.2, 0.25) is 0 Å². The van der Waals surface area contributed by atoms with Crippen molar-refractivity contribution in [2.75, 3.05) is 31.1 Å². The minimum absolute atomic E-state index is 0.0466. The fraction of sp³-hybridized carbons (Fsp3) is 0.200. The molecule has 1 fully saturated rings. The van der Waals surface area contributed by atoms with E-state index in [0.717, 1.165) is 18.8 Å². The van der Waals surface area contributed by atoms with Crippen molar-refractivity contribution in [3.8, 4) is 17.1 Å². The predicted octanol–water partition coefficient (Wildman–Crippen LogP) is 5.06. The van der Waals surface area contributed by atoms with Crippen molar-refractivity contribution < 1.29 is 9.21 Å².